The summed E-state index contributed by atoms with van der Waals surface area (Å²) in [5, 5.41) is 12.3. The zero-order valence-electron chi connectivity index (χ0n) is 12.2. The Bertz CT molecular complexity index is 470. The quantitative estimate of drug-likeness (QED) is 0.837. The maximum atomic E-state index is 14.0. The number of nitrogens with zero attached hydrogens (tertiary/aromatic N) is 1. The van der Waals surface area contributed by atoms with Gasteiger partial charge in [-0.05, 0) is 31.7 Å². The summed E-state index contributed by atoms with van der Waals surface area (Å²) in [6, 6.07) is 7.31. The van der Waals surface area contributed by atoms with Crippen LogP contribution < -0.4 is 5.32 Å². The molecule has 1 N–H and O–H groups in total. The van der Waals surface area contributed by atoms with Crippen molar-refractivity contribution in [2.24, 2.45) is 5.92 Å². The fourth-order valence-corrected chi connectivity index (χ4v) is 3.05. The van der Waals surface area contributed by atoms with Gasteiger partial charge in [0.05, 0.1) is 5.56 Å². The highest BCUT2D eigenvalue weighted by Crippen LogP contribution is 2.25. The molecular weight excluding hydrogens is 251 g/mol. The van der Waals surface area contributed by atoms with Gasteiger partial charge in [0.15, 0.2) is 0 Å². The number of hydrogen-bond donors (Lipinski definition) is 1. The van der Waals surface area contributed by atoms with E-state index in [2.05, 4.69) is 12.2 Å². The first-order valence-corrected chi connectivity index (χ1v) is 7.63. The van der Waals surface area contributed by atoms with Crippen LogP contribution >= 0.6 is 0 Å². The second kappa shape index (κ2) is 7.40. The van der Waals surface area contributed by atoms with E-state index in [-0.39, 0.29) is 11.4 Å². The Kier molecular flexibility index (Phi) is 5.55. The van der Waals surface area contributed by atoms with Gasteiger partial charge in [0.25, 0.3) is 0 Å². The molecule has 0 aliphatic heterocycles. The van der Waals surface area contributed by atoms with Crippen molar-refractivity contribution >= 4 is 0 Å². The molecule has 0 spiro atoms. The first-order chi connectivity index (χ1) is 9.72. The average Bonchev–Trinajstić information content (AvgIpc) is 2.75. The lowest BCUT2D eigenvalue weighted by atomic mass is 9.93. The lowest BCUT2D eigenvalue weighted by Gasteiger charge is -2.23. The van der Waals surface area contributed by atoms with E-state index in [0.29, 0.717) is 24.1 Å². The molecule has 2 nitrogen and oxygen atoms in total. The van der Waals surface area contributed by atoms with Crippen molar-refractivity contribution in [1.82, 2.24) is 5.32 Å². The highest BCUT2D eigenvalue weighted by atomic mass is 19.1. The third kappa shape index (κ3) is 3.80. The van der Waals surface area contributed by atoms with E-state index in [1.54, 1.807) is 12.1 Å². The third-order valence-corrected chi connectivity index (χ3v) is 4.42. The molecule has 3 heteroatoms. The van der Waals surface area contributed by atoms with E-state index in [9.17, 15) is 4.39 Å². The van der Waals surface area contributed by atoms with E-state index in [1.807, 2.05) is 6.07 Å². The number of rotatable bonds is 4. The summed E-state index contributed by atoms with van der Waals surface area (Å²) in [6.45, 7) is 2.70. The molecule has 2 rings (SSSR count). The Morgan fingerprint density at radius 3 is 2.65 bits per heavy atom. The monoisotopic (exact) mass is 274 g/mol. The van der Waals surface area contributed by atoms with Crippen LogP contribution in [0.5, 0.6) is 0 Å². The van der Waals surface area contributed by atoms with Crippen LogP contribution in [0.4, 0.5) is 4.39 Å². The van der Waals surface area contributed by atoms with Gasteiger partial charge in [0.2, 0.25) is 0 Å². The zero-order chi connectivity index (χ0) is 14.4. The molecule has 0 aromatic heterocycles. The van der Waals surface area contributed by atoms with Gasteiger partial charge in [0.1, 0.15) is 11.9 Å². The number of hydrogen-bond acceptors (Lipinski definition) is 2. The SMILES string of the molecule is C[C@H](NCc1cccc(C#N)c1F)C1CCCCCC1. The molecule has 1 aliphatic carbocycles. The fraction of sp³-hybridized carbons (Fsp3) is 0.588. The number of nitriles is 1. The van der Waals surface area contributed by atoms with Crippen molar-refractivity contribution in [3.63, 3.8) is 0 Å². The van der Waals surface area contributed by atoms with Crippen LogP contribution in [0.3, 0.4) is 0 Å². The lowest BCUT2D eigenvalue weighted by molar-refractivity contribution is 0.335. The number of halogens is 1. The normalized spacial score (nSPS) is 18.2. The molecule has 1 aromatic carbocycles. The second-order valence-electron chi connectivity index (χ2n) is 5.81. The molecule has 0 radical (unpaired) electrons. The molecule has 1 saturated carbocycles. The molecule has 0 saturated heterocycles. The smallest absolute Gasteiger partial charge is 0.145 e. The summed E-state index contributed by atoms with van der Waals surface area (Å²) in [4.78, 5) is 0. The Morgan fingerprint density at radius 1 is 1.30 bits per heavy atom. The third-order valence-electron chi connectivity index (χ3n) is 4.42. The summed E-state index contributed by atoms with van der Waals surface area (Å²) in [5.74, 6) is 0.315. The van der Waals surface area contributed by atoms with Gasteiger partial charge in [-0.3, -0.25) is 0 Å². The van der Waals surface area contributed by atoms with Gasteiger partial charge in [-0.25, -0.2) is 4.39 Å². The molecule has 0 heterocycles. The fourth-order valence-electron chi connectivity index (χ4n) is 3.05. The lowest BCUT2D eigenvalue weighted by Crippen LogP contribution is -2.33. The van der Waals surface area contributed by atoms with E-state index in [0.717, 1.165) is 0 Å². The second-order valence-corrected chi connectivity index (χ2v) is 5.81. The van der Waals surface area contributed by atoms with Crippen LogP contribution in [0.1, 0.15) is 56.6 Å². The van der Waals surface area contributed by atoms with Crippen LogP contribution in [-0.4, -0.2) is 6.04 Å². The van der Waals surface area contributed by atoms with Crippen molar-refractivity contribution in [3.05, 3.63) is 35.1 Å². The van der Waals surface area contributed by atoms with Gasteiger partial charge < -0.3 is 5.32 Å². The van der Waals surface area contributed by atoms with Gasteiger partial charge in [-0.2, -0.15) is 5.26 Å². The van der Waals surface area contributed by atoms with Gasteiger partial charge in [-0.15, -0.1) is 0 Å². The Balaban J connectivity index is 1.93. The molecule has 0 bridgehead atoms. The minimum Gasteiger partial charge on any atom is -0.310 e. The van der Waals surface area contributed by atoms with Crippen LogP contribution in [-0.2, 0) is 6.54 Å². The van der Waals surface area contributed by atoms with E-state index in [1.165, 1.54) is 44.6 Å². The maximum Gasteiger partial charge on any atom is 0.145 e. The average molecular weight is 274 g/mol. The van der Waals surface area contributed by atoms with E-state index >= 15 is 0 Å². The summed E-state index contributed by atoms with van der Waals surface area (Å²) in [7, 11) is 0. The van der Waals surface area contributed by atoms with E-state index in [4.69, 9.17) is 5.26 Å². The van der Waals surface area contributed by atoms with Crippen molar-refractivity contribution in [2.45, 2.75) is 58.0 Å². The Morgan fingerprint density at radius 2 is 2.00 bits per heavy atom. The molecule has 0 amide bonds. The zero-order valence-corrected chi connectivity index (χ0v) is 12.2. The largest absolute Gasteiger partial charge is 0.310 e. The van der Waals surface area contributed by atoms with Crippen molar-refractivity contribution in [3.8, 4) is 6.07 Å². The Hall–Kier alpha value is -1.40. The highest BCUT2D eigenvalue weighted by molar-refractivity contribution is 5.34. The number of benzene rings is 1. The first-order valence-electron chi connectivity index (χ1n) is 7.63. The molecule has 0 unspecified atom stereocenters. The van der Waals surface area contributed by atoms with Gasteiger partial charge >= 0.3 is 0 Å². The number of nitrogens with one attached hydrogen (secondary N) is 1. The van der Waals surface area contributed by atoms with Gasteiger partial charge in [0, 0.05) is 18.2 Å². The standard InChI is InChI=1S/C17H23FN2/c1-13(14-7-4-2-3-5-8-14)20-12-16-10-6-9-15(11-19)17(16)18/h6,9-10,13-14,20H,2-5,7-8,12H2,1H3/t13-/m0/s1. The van der Waals surface area contributed by atoms with Crippen molar-refractivity contribution in [1.29, 1.82) is 5.26 Å². The molecule has 1 atom stereocenters. The topological polar surface area (TPSA) is 35.8 Å². The maximum absolute atomic E-state index is 14.0. The molecule has 1 aromatic rings. The van der Waals surface area contributed by atoms with E-state index < -0.39 is 0 Å². The van der Waals surface area contributed by atoms with Crippen LogP contribution in [0.2, 0.25) is 0 Å². The molecular formula is C17H23FN2. The first kappa shape index (κ1) is 15.0. The van der Waals surface area contributed by atoms with Crippen molar-refractivity contribution < 1.29 is 4.39 Å². The molecule has 1 fully saturated rings. The predicted molar refractivity (Wildman–Crippen MR) is 78.6 cm³/mol. The van der Waals surface area contributed by atoms with Crippen LogP contribution in [0.15, 0.2) is 18.2 Å². The molecule has 20 heavy (non-hydrogen) atoms. The minimum atomic E-state index is -0.379. The summed E-state index contributed by atoms with van der Waals surface area (Å²) >= 11 is 0. The highest BCUT2D eigenvalue weighted by Gasteiger charge is 2.19. The summed E-state index contributed by atoms with van der Waals surface area (Å²) in [5.41, 5.74) is 0.718. The van der Waals surface area contributed by atoms with Crippen LogP contribution in [0.25, 0.3) is 0 Å². The van der Waals surface area contributed by atoms with Gasteiger partial charge in [-0.1, -0.05) is 37.8 Å². The summed E-state index contributed by atoms with van der Waals surface area (Å²) in [6.07, 6.45) is 7.87. The van der Waals surface area contributed by atoms with Crippen LogP contribution in [0, 0.1) is 23.1 Å². The molecule has 108 valence electrons. The minimum absolute atomic E-state index is 0.131. The van der Waals surface area contributed by atoms with Crippen molar-refractivity contribution in [2.75, 3.05) is 0 Å². The predicted octanol–water partition coefficient (Wildman–Crippen LogP) is 4.15. The summed E-state index contributed by atoms with van der Waals surface area (Å²) < 4.78 is 14.0. The molecule has 1 aliphatic rings. The Labute approximate surface area is 121 Å².